The second-order valence-electron chi connectivity index (χ2n) is 5.87. The summed E-state index contributed by atoms with van der Waals surface area (Å²) in [5.74, 6) is 2.97. The zero-order valence-corrected chi connectivity index (χ0v) is 13.1. The first-order valence-corrected chi connectivity index (χ1v) is 8.98. The Hall–Kier alpha value is -0.670. The number of thioether (sulfide) groups is 1. The Kier molecular flexibility index (Phi) is 4.90. The van der Waals surface area contributed by atoms with Crippen LogP contribution in [0.15, 0.2) is 24.3 Å². The van der Waals surface area contributed by atoms with Gasteiger partial charge in [-0.25, -0.2) is 0 Å². The molecule has 1 saturated carbocycles. The molecule has 1 aromatic rings. The number of hydrogen-bond acceptors (Lipinski definition) is 3. The fourth-order valence-corrected chi connectivity index (χ4v) is 4.59. The largest absolute Gasteiger partial charge is 0.493 e. The summed E-state index contributed by atoms with van der Waals surface area (Å²) in [6.45, 7) is 4.24. The molecular weight excluding hydrogens is 266 g/mol. The number of nitrogens with one attached hydrogen (secondary N) is 1. The summed E-state index contributed by atoms with van der Waals surface area (Å²) in [6, 6.07) is 9.26. The van der Waals surface area contributed by atoms with E-state index in [2.05, 4.69) is 48.3 Å². The highest BCUT2D eigenvalue weighted by molar-refractivity contribution is 7.99. The molecule has 0 amide bonds. The molecule has 3 atom stereocenters. The SMILES string of the molecule is CCSC1CCC(NCC2CCOc3ccccc32)C1. The van der Waals surface area contributed by atoms with Crippen molar-refractivity contribution in [1.82, 2.24) is 5.32 Å². The third-order valence-electron chi connectivity index (χ3n) is 4.52. The smallest absolute Gasteiger partial charge is 0.122 e. The monoisotopic (exact) mass is 291 g/mol. The van der Waals surface area contributed by atoms with Crippen molar-refractivity contribution in [2.45, 2.75) is 49.8 Å². The van der Waals surface area contributed by atoms with Crippen molar-refractivity contribution in [1.29, 1.82) is 0 Å². The van der Waals surface area contributed by atoms with Gasteiger partial charge < -0.3 is 10.1 Å². The molecule has 0 aromatic heterocycles. The number of fused-ring (bicyclic) bond motifs is 1. The minimum Gasteiger partial charge on any atom is -0.493 e. The average Bonchev–Trinajstić information content (AvgIpc) is 2.93. The molecule has 0 spiro atoms. The molecule has 2 aliphatic rings. The Bertz CT molecular complexity index is 437. The molecule has 3 unspecified atom stereocenters. The summed E-state index contributed by atoms with van der Waals surface area (Å²) in [7, 11) is 0. The van der Waals surface area contributed by atoms with Crippen LogP contribution in [-0.2, 0) is 0 Å². The third-order valence-corrected chi connectivity index (χ3v) is 5.76. The molecular formula is C17H25NOS. The van der Waals surface area contributed by atoms with Gasteiger partial charge >= 0.3 is 0 Å². The Morgan fingerprint density at radius 1 is 1.25 bits per heavy atom. The molecule has 1 aliphatic carbocycles. The highest BCUT2D eigenvalue weighted by atomic mass is 32.2. The minimum atomic E-state index is 0.623. The zero-order chi connectivity index (χ0) is 13.8. The Labute approximate surface area is 126 Å². The van der Waals surface area contributed by atoms with Gasteiger partial charge in [-0.3, -0.25) is 0 Å². The zero-order valence-electron chi connectivity index (χ0n) is 12.3. The first-order valence-electron chi connectivity index (χ1n) is 7.93. The van der Waals surface area contributed by atoms with Crippen LogP contribution in [0.1, 0.15) is 44.1 Å². The van der Waals surface area contributed by atoms with E-state index in [-0.39, 0.29) is 0 Å². The van der Waals surface area contributed by atoms with Gasteiger partial charge in [-0.1, -0.05) is 25.1 Å². The summed E-state index contributed by atoms with van der Waals surface area (Å²) < 4.78 is 5.74. The van der Waals surface area contributed by atoms with Gasteiger partial charge in [0, 0.05) is 23.8 Å². The van der Waals surface area contributed by atoms with Crippen molar-refractivity contribution in [3.63, 3.8) is 0 Å². The second kappa shape index (κ2) is 6.86. The molecule has 0 saturated heterocycles. The quantitative estimate of drug-likeness (QED) is 0.891. The topological polar surface area (TPSA) is 21.3 Å². The predicted octanol–water partition coefficient (Wildman–Crippen LogP) is 3.82. The molecule has 3 heteroatoms. The highest BCUT2D eigenvalue weighted by Crippen LogP contribution is 2.34. The van der Waals surface area contributed by atoms with Gasteiger partial charge in [0.2, 0.25) is 0 Å². The molecule has 110 valence electrons. The third kappa shape index (κ3) is 3.32. The van der Waals surface area contributed by atoms with Gasteiger partial charge in [0.15, 0.2) is 0 Å². The van der Waals surface area contributed by atoms with Crippen LogP contribution in [0.4, 0.5) is 0 Å². The van der Waals surface area contributed by atoms with E-state index < -0.39 is 0 Å². The summed E-state index contributed by atoms with van der Waals surface area (Å²) >= 11 is 2.13. The van der Waals surface area contributed by atoms with Crippen LogP contribution < -0.4 is 10.1 Å². The average molecular weight is 291 g/mol. The van der Waals surface area contributed by atoms with Crippen LogP contribution in [-0.4, -0.2) is 30.2 Å². The van der Waals surface area contributed by atoms with E-state index in [0.29, 0.717) is 5.92 Å². The van der Waals surface area contributed by atoms with E-state index in [1.807, 2.05) is 0 Å². The number of rotatable bonds is 5. The van der Waals surface area contributed by atoms with Crippen molar-refractivity contribution in [3.8, 4) is 5.75 Å². The lowest BCUT2D eigenvalue weighted by atomic mass is 9.93. The minimum absolute atomic E-state index is 0.623. The first kappa shape index (κ1) is 14.3. The summed E-state index contributed by atoms with van der Waals surface area (Å²) in [6.07, 6.45) is 5.23. The van der Waals surface area contributed by atoms with Crippen LogP contribution in [0.3, 0.4) is 0 Å². The number of para-hydroxylation sites is 1. The lowest BCUT2D eigenvalue weighted by Gasteiger charge is -2.27. The van der Waals surface area contributed by atoms with E-state index in [0.717, 1.165) is 36.6 Å². The van der Waals surface area contributed by atoms with Crippen molar-refractivity contribution in [2.24, 2.45) is 0 Å². The normalized spacial score (nSPS) is 28.9. The number of benzene rings is 1. The standard InChI is InChI=1S/C17H25NOS/c1-2-20-15-8-7-14(11-15)18-12-13-9-10-19-17-6-4-3-5-16(13)17/h3-6,13-15,18H,2,7-12H2,1H3. The van der Waals surface area contributed by atoms with Gasteiger partial charge in [-0.15, -0.1) is 0 Å². The van der Waals surface area contributed by atoms with Crippen LogP contribution in [0.2, 0.25) is 0 Å². The fourth-order valence-electron chi connectivity index (χ4n) is 3.45. The van der Waals surface area contributed by atoms with Crippen LogP contribution in [0.25, 0.3) is 0 Å². The second-order valence-corrected chi connectivity index (χ2v) is 7.44. The van der Waals surface area contributed by atoms with Gasteiger partial charge in [-0.2, -0.15) is 11.8 Å². The summed E-state index contributed by atoms with van der Waals surface area (Å²) in [4.78, 5) is 0. The van der Waals surface area contributed by atoms with Gasteiger partial charge in [0.05, 0.1) is 6.61 Å². The van der Waals surface area contributed by atoms with Crippen LogP contribution in [0.5, 0.6) is 5.75 Å². The van der Waals surface area contributed by atoms with Crippen molar-refractivity contribution < 1.29 is 4.74 Å². The molecule has 1 heterocycles. The Balaban J connectivity index is 1.52. The van der Waals surface area contributed by atoms with E-state index in [9.17, 15) is 0 Å². The predicted molar refractivity (Wildman–Crippen MR) is 86.9 cm³/mol. The molecule has 20 heavy (non-hydrogen) atoms. The molecule has 1 N–H and O–H groups in total. The van der Waals surface area contributed by atoms with Crippen molar-refractivity contribution in [2.75, 3.05) is 18.9 Å². The Morgan fingerprint density at radius 2 is 2.15 bits per heavy atom. The molecule has 2 nitrogen and oxygen atoms in total. The summed E-state index contributed by atoms with van der Waals surface area (Å²) in [5.41, 5.74) is 1.39. The fraction of sp³-hybridized carbons (Fsp3) is 0.647. The van der Waals surface area contributed by atoms with Crippen molar-refractivity contribution >= 4 is 11.8 Å². The van der Waals surface area contributed by atoms with E-state index in [4.69, 9.17) is 4.74 Å². The van der Waals surface area contributed by atoms with Crippen LogP contribution >= 0.6 is 11.8 Å². The summed E-state index contributed by atoms with van der Waals surface area (Å²) in [5, 5.41) is 4.70. The molecule has 0 radical (unpaired) electrons. The van der Waals surface area contributed by atoms with Gasteiger partial charge in [-0.05, 0) is 43.1 Å². The molecule has 1 aromatic carbocycles. The van der Waals surface area contributed by atoms with E-state index in [1.54, 1.807) is 0 Å². The highest BCUT2D eigenvalue weighted by Gasteiger charge is 2.26. The molecule has 3 rings (SSSR count). The van der Waals surface area contributed by atoms with E-state index >= 15 is 0 Å². The van der Waals surface area contributed by atoms with Crippen molar-refractivity contribution in [3.05, 3.63) is 29.8 Å². The maximum absolute atomic E-state index is 5.74. The van der Waals surface area contributed by atoms with Gasteiger partial charge in [0.1, 0.15) is 5.75 Å². The maximum atomic E-state index is 5.74. The first-order chi connectivity index (χ1) is 9.86. The number of hydrogen-bond donors (Lipinski definition) is 1. The lowest BCUT2D eigenvalue weighted by Crippen LogP contribution is -2.32. The molecule has 1 fully saturated rings. The molecule has 0 bridgehead atoms. The lowest BCUT2D eigenvalue weighted by molar-refractivity contribution is 0.262. The maximum Gasteiger partial charge on any atom is 0.122 e. The van der Waals surface area contributed by atoms with Gasteiger partial charge in [0.25, 0.3) is 0 Å². The number of ether oxygens (including phenoxy) is 1. The van der Waals surface area contributed by atoms with E-state index in [1.165, 1.54) is 30.6 Å². The Morgan fingerprint density at radius 3 is 3.05 bits per heavy atom. The molecule has 1 aliphatic heterocycles. The van der Waals surface area contributed by atoms with Crippen LogP contribution in [0, 0.1) is 0 Å².